The third-order valence-electron chi connectivity index (χ3n) is 9.11. The van der Waals surface area contributed by atoms with Crippen LogP contribution in [0.25, 0.3) is 0 Å². The number of hydrogen-bond donors (Lipinski definition) is 12. The molecule has 3 saturated heterocycles. The number of carbonyl (C=O) groups is 3. The van der Waals surface area contributed by atoms with Crippen molar-refractivity contribution in [2.24, 2.45) is 0 Å². The number of hydrogen-bond acceptors (Lipinski definition) is 18. The molecule has 16 atom stereocenters. The smallest absolute Gasteiger partial charge is 0.364 e. The molecule has 12 N–H and O–H groups in total. The Bertz CT molecular complexity index is 1360. The summed E-state index contributed by atoms with van der Waals surface area (Å²) in [4.78, 5) is 36.8. The van der Waals surface area contributed by atoms with Gasteiger partial charge in [-0.15, -0.1) is 0 Å². The minimum absolute atomic E-state index is 0.0258. The molecule has 300 valence electrons. The van der Waals surface area contributed by atoms with Crippen molar-refractivity contribution in [3.8, 4) is 0 Å². The zero-order valence-electron chi connectivity index (χ0n) is 28.7. The lowest BCUT2D eigenvalue weighted by Gasteiger charge is -2.51. The first kappa shape index (κ1) is 42.8. The van der Waals surface area contributed by atoms with Crippen LogP contribution in [0.4, 0.5) is 0 Å². The minimum atomic E-state index is -3.04. The minimum Gasteiger partial charge on any atom is -0.477 e. The summed E-state index contributed by atoms with van der Waals surface area (Å²) in [6.45, 7) is -0.642. The van der Waals surface area contributed by atoms with Crippen molar-refractivity contribution in [3.63, 3.8) is 0 Å². The van der Waals surface area contributed by atoms with Crippen LogP contribution in [-0.4, -0.2) is 186 Å². The standard InChI is InChI=1S/C32H48N2O19/c1-13(38)33-20-16(40)8-32(31(46)47,52-27(20)22(42)17(41)9-35)53-28-23(43)18(10-36)49-30(25(28)45)51-26-19(11-37)50-29(21(24(26)44)34-14(2)39)48-12-15-6-4-3-5-7-15/h3-7,16-30,35-37,40-45H,8-12H2,1-2H3,(H,33,38)(H,34,39)(H,46,47)/t16?,17-,18?,19?,20-,21?,22-,23+,24?,25?,26-,27?,28?,29-,30+,32+/m1/s1. The topological polar surface area (TPSA) is 333 Å². The van der Waals surface area contributed by atoms with Gasteiger partial charge in [-0.3, -0.25) is 9.59 Å². The quantitative estimate of drug-likeness (QED) is 0.0791. The van der Waals surface area contributed by atoms with Gasteiger partial charge in [-0.2, -0.15) is 0 Å². The van der Waals surface area contributed by atoms with Gasteiger partial charge >= 0.3 is 5.97 Å². The Morgan fingerprint density at radius 3 is 2.02 bits per heavy atom. The van der Waals surface area contributed by atoms with Crippen LogP contribution in [0.5, 0.6) is 0 Å². The highest BCUT2D eigenvalue weighted by Gasteiger charge is 2.60. The average Bonchev–Trinajstić information content (AvgIpc) is 3.12. The van der Waals surface area contributed by atoms with Crippen LogP contribution < -0.4 is 10.6 Å². The fourth-order valence-electron chi connectivity index (χ4n) is 6.45. The first-order valence-electron chi connectivity index (χ1n) is 16.7. The second-order valence-electron chi connectivity index (χ2n) is 13.0. The third kappa shape index (κ3) is 9.83. The Morgan fingerprint density at radius 2 is 1.45 bits per heavy atom. The SMILES string of the molecule is CC(=O)NC1C(O)[C@H](O[C@@H]2OC(CO)[C@H](O)C(O[C@]3(C(=O)O)CC(O)[C@@H](NC(C)=O)C([C@H](O)[C@H](O)CO)O3)C2O)C(CO)O[C@H]1OCc1ccccc1. The van der Waals surface area contributed by atoms with E-state index in [0.717, 1.165) is 13.8 Å². The van der Waals surface area contributed by atoms with Gasteiger partial charge in [0.25, 0.3) is 5.79 Å². The van der Waals surface area contributed by atoms with Gasteiger partial charge in [0.2, 0.25) is 11.8 Å². The molecule has 0 bridgehead atoms. The van der Waals surface area contributed by atoms with Crippen molar-refractivity contribution in [2.45, 2.75) is 124 Å². The lowest BCUT2D eigenvalue weighted by molar-refractivity contribution is -0.383. The Balaban J connectivity index is 1.61. The molecule has 21 heteroatoms. The van der Waals surface area contributed by atoms with Crippen LogP contribution in [-0.2, 0) is 49.4 Å². The van der Waals surface area contributed by atoms with E-state index in [0.29, 0.717) is 5.56 Å². The molecule has 3 fully saturated rings. The van der Waals surface area contributed by atoms with Gasteiger partial charge in [0, 0.05) is 20.3 Å². The molecule has 1 aromatic rings. The van der Waals surface area contributed by atoms with Gasteiger partial charge in [-0.1, -0.05) is 30.3 Å². The summed E-state index contributed by atoms with van der Waals surface area (Å²) < 4.78 is 34.4. The highest BCUT2D eigenvalue weighted by Crippen LogP contribution is 2.38. The van der Waals surface area contributed by atoms with Gasteiger partial charge in [0.1, 0.15) is 67.1 Å². The van der Waals surface area contributed by atoms with Crippen molar-refractivity contribution in [2.75, 3.05) is 19.8 Å². The monoisotopic (exact) mass is 764 g/mol. The molecular weight excluding hydrogens is 716 g/mol. The third-order valence-corrected chi connectivity index (χ3v) is 9.11. The lowest BCUT2D eigenvalue weighted by Crippen LogP contribution is -2.71. The molecule has 53 heavy (non-hydrogen) atoms. The molecule has 0 aromatic heterocycles. The maximum atomic E-state index is 12.8. The number of carbonyl (C=O) groups excluding carboxylic acids is 2. The van der Waals surface area contributed by atoms with E-state index < -0.39 is 142 Å². The number of amides is 2. The number of ether oxygens (including phenoxy) is 6. The fourth-order valence-corrected chi connectivity index (χ4v) is 6.45. The van der Waals surface area contributed by atoms with Crippen LogP contribution in [0.3, 0.4) is 0 Å². The Labute approximate surface area is 302 Å². The maximum Gasteiger partial charge on any atom is 0.364 e. The van der Waals surface area contributed by atoms with Gasteiger partial charge < -0.3 is 90.1 Å². The van der Waals surface area contributed by atoms with Gasteiger partial charge in [0.15, 0.2) is 12.6 Å². The Morgan fingerprint density at radius 1 is 0.849 bits per heavy atom. The first-order chi connectivity index (χ1) is 25.1. The summed E-state index contributed by atoms with van der Waals surface area (Å²) >= 11 is 0. The molecule has 3 aliphatic rings. The number of aliphatic hydroxyl groups excluding tert-OH is 9. The molecule has 0 spiro atoms. The molecule has 0 aliphatic carbocycles. The summed E-state index contributed by atoms with van der Waals surface area (Å²) in [5.74, 6) is -6.36. The molecular formula is C32H48N2O19. The molecule has 3 heterocycles. The summed E-state index contributed by atoms with van der Waals surface area (Å²) in [5.41, 5.74) is 0.717. The van der Waals surface area contributed by atoms with Crippen LogP contribution in [0.15, 0.2) is 30.3 Å². The van der Waals surface area contributed by atoms with Gasteiger partial charge in [-0.25, -0.2) is 4.79 Å². The maximum absolute atomic E-state index is 12.8. The first-order valence-corrected chi connectivity index (χ1v) is 16.7. The van der Waals surface area contributed by atoms with Crippen molar-refractivity contribution in [1.29, 1.82) is 0 Å². The Kier molecular flexibility index (Phi) is 15.0. The van der Waals surface area contributed by atoms with Crippen molar-refractivity contribution in [3.05, 3.63) is 35.9 Å². The molecule has 0 radical (unpaired) electrons. The molecule has 3 aliphatic heterocycles. The van der Waals surface area contributed by atoms with E-state index in [1.165, 1.54) is 0 Å². The van der Waals surface area contributed by atoms with E-state index >= 15 is 0 Å². The van der Waals surface area contributed by atoms with Crippen molar-refractivity contribution < 1.29 is 93.9 Å². The lowest BCUT2D eigenvalue weighted by atomic mass is 9.88. The zero-order valence-corrected chi connectivity index (χ0v) is 28.7. The molecule has 0 saturated carbocycles. The van der Waals surface area contributed by atoms with Crippen molar-refractivity contribution >= 4 is 17.8 Å². The number of aliphatic carboxylic acids is 1. The van der Waals surface area contributed by atoms with Crippen molar-refractivity contribution in [1.82, 2.24) is 10.6 Å². The van der Waals surface area contributed by atoms with E-state index in [1.54, 1.807) is 30.3 Å². The summed E-state index contributed by atoms with van der Waals surface area (Å²) in [6.07, 6.45) is -25.0. The van der Waals surface area contributed by atoms with Gasteiger partial charge in [0.05, 0.1) is 38.6 Å². The number of nitrogens with one attached hydrogen (secondary N) is 2. The zero-order chi connectivity index (χ0) is 39.2. The highest BCUT2D eigenvalue weighted by atomic mass is 16.8. The normalized spacial score (nSPS) is 38.7. The fraction of sp³-hybridized carbons (Fsp3) is 0.719. The number of benzene rings is 1. The van der Waals surface area contributed by atoms with Crippen LogP contribution in [0.1, 0.15) is 25.8 Å². The van der Waals surface area contributed by atoms with E-state index in [9.17, 15) is 65.4 Å². The van der Waals surface area contributed by atoms with Gasteiger partial charge in [-0.05, 0) is 5.56 Å². The largest absolute Gasteiger partial charge is 0.477 e. The predicted octanol–water partition coefficient (Wildman–Crippen LogP) is -5.86. The molecule has 2 amide bonds. The van der Waals surface area contributed by atoms with E-state index in [-0.39, 0.29) is 6.61 Å². The molecule has 8 unspecified atom stereocenters. The number of rotatable bonds is 15. The van der Waals surface area contributed by atoms with Crippen LogP contribution in [0, 0.1) is 0 Å². The second kappa shape index (κ2) is 18.6. The molecule has 4 rings (SSSR count). The van der Waals surface area contributed by atoms with E-state index in [1.807, 2.05) is 0 Å². The summed E-state index contributed by atoms with van der Waals surface area (Å²) in [5, 5.41) is 111. The highest BCUT2D eigenvalue weighted by molar-refractivity contribution is 5.76. The Hall–Kier alpha value is -2.97. The van der Waals surface area contributed by atoms with Crippen LogP contribution in [0.2, 0.25) is 0 Å². The predicted molar refractivity (Wildman–Crippen MR) is 171 cm³/mol. The number of aliphatic hydroxyl groups is 9. The average molecular weight is 765 g/mol. The number of carboxylic acid groups (broad SMARTS) is 1. The second-order valence-corrected chi connectivity index (χ2v) is 13.0. The number of carboxylic acids is 1. The molecule has 1 aromatic carbocycles. The summed E-state index contributed by atoms with van der Waals surface area (Å²) in [6, 6.07) is 5.94. The van der Waals surface area contributed by atoms with E-state index in [4.69, 9.17) is 28.4 Å². The van der Waals surface area contributed by atoms with E-state index in [2.05, 4.69) is 10.6 Å². The molecule has 21 nitrogen and oxygen atoms in total. The van der Waals surface area contributed by atoms with Crippen LogP contribution >= 0.6 is 0 Å². The summed E-state index contributed by atoms with van der Waals surface area (Å²) in [7, 11) is 0.